The number of aliphatic hydroxyl groups excluding tert-OH is 1. The lowest BCUT2D eigenvalue weighted by Gasteiger charge is -2.14. The van der Waals surface area contributed by atoms with E-state index in [0.717, 1.165) is 24.3 Å². The molecule has 0 spiro atoms. The van der Waals surface area contributed by atoms with Gasteiger partial charge in [-0.15, -0.1) is 0 Å². The largest absolute Gasteiger partial charge is 0.493 e. The Bertz CT molecular complexity index is 345. The quantitative estimate of drug-likeness (QED) is 0.693. The average molecular weight is 250 g/mol. The first-order valence-electron chi connectivity index (χ1n) is 7.06. The van der Waals surface area contributed by atoms with Gasteiger partial charge < -0.3 is 9.84 Å². The molecule has 0 saturated carbocycles. The summed E-state index contributed by atoms with van der Waals surface area (Å²) in [4.78, 5) is 0. The number of hydrogen-bond acceptors (Lipinski definition) is 2. The molecule has 0 saturated heterocycles. The van der Waals surface area contributed by atoms with Gasteiger partial charge in [0, 0.05) is 5.56 Å². The minimum atomic E-state index is -0.472. The Morgan fingerprint density at radius 3 is 2.56 bits per heavy atom. The summed E-state index contributed by atoms with van der Waals surface area (Å²) in [6.07, 6.45) is 5.71. The lowest BCUT2D eigenvalue weighted by atomic mass is 10.1. The molecular weight excluding hydrogens is 224 g/mol. The van der Waals surface area contributed by atoms with E-state index < -0.39 is 6.10 Å². The van der Waals surface area contributed by atoms with Crippen LogP contribution in [0.5, 0.6) is 5.75 Å². The van der Waals surface area contributed by atoms with E-state index in [1.54, 1.807) is 6.92 Å². The van der Waals surface area contributed by atoms with Crippen LogP contribution in [0.15, 0.2) is 18.2 Å². The molecule has 0 aliphatic carbocycles. The predicted octanol–water partition coefficient (Wildman–Crippen LogP) is 4.40. The summed E-state index contributed by atoms with van der Waals surface area (Å²) in [5.74, 6) is 0.834. The van der Waals surface area contributed by atoms with Crippen LogP contribution in [-0.4, -0.2) is 11.7 Å². The standard InChI is InChI=1S/C16H26O2/c1-4-5-6-7-8-11-18-16-12-13(2)9-10-15(16)14(3)17/h9-10,12,14,17H,4-8,11H2,1-3H3/t14-/m1/s1. The number of aliphatic hydroxyl groups is 1. The normalized spacial score (nSPS) is 12.4. The lowest BCUT2D eigenvalue weighted by molar-refractivity contribution is 0.190. The first-order valence-corrected chi connectivity index (χ1v) is 7.06. The van der Waals surface area contributed by atoms with Crippen molar-refractivity contribution in [1.29, 1.82) is 0 Å². The molecular formula is C16H26O2. The maximum Gasteiger partial charge on any atom is 0.125 e. The van der Waals surface area contributed by atoms with Gasteiger partial charge in [0.15, 0.2) is 0 Å². The van der Waals surface area contributed by atoms with Crippen LogP contribution in [0.3, 0.4) is 0 Å². The van der Waals surface area contributed by atoms with E-state index >= 15 is 0 Å². The van der Waals surface area contributed by atoms with Gasteiger partial charge in [-0.3, -0.25) is 0 Å². The smallest absolute Gasteiger partial charge is 0.125 e. The summed E-state index contributed by atoms with van der Waals surface area (Å²) >= 11 is 0. The molecule has 1 N–H and O–H groups in total. The number of benzene rings is 1. The van der Waals surface area contributed by atoms with Crippen LogP contribution in [0.4, 0.5) is 0 Å². The maximum absolute atomic E-state index is 9.69. The number of aryl methyl sites for hydroxylation is 1. The van der Waals surface area contributed by atoms with Crippen molar-refractivity contribution in [3.05, 3.63) is 29.3 Å². The Morgan fingerprint density at radius 2 is 1.89 bits per heavy atom. The number of rotatable bonds is 8. The molecule has 2 nitrogen and oxygen atoms in total. The summed E-state index contributed by atoms with van der Waals surface area (Å²) in [6.45, 7) is 6.78. The van der Waals surface area contributed by atoms with E-state index in [1.165, 1.54) is 31.2 Å². The van der Waals surface area contributed by atoms with Gasteiger partial charge >= 0.3 is 0 Å². The number of ether oxygens (including phenoxy) is 1. The highest BCUT2D eigenvalue weighted by Gasteiger charge is 2.08. The molecule has 0 aromatic heterocycles. The first kappa shape index (κ1) is 15.0. The van der Waals surface area contributed by atoms with E-state index in [1.807, 2.05) is 25.1 Å². The summed E-state index contributed by atoms with van der Waals surface area (Å²) < 4.78 is 5.80. The van der Waals surface area contributed by atoms with Gasteiger partial charge in [-0.05, 0) is 31.9 Å². The molecule has 1 rings (SSSR count). The molecule has 102 valence electrons. The van der Waals surface area contributed by atoms with Crippen LogP contribution in [-0.2, 0) is 0 Å². The van der Waals surface area contributed by atoms with Crippen molar-refractivity contribution in [2.24, 2.45) is 0 Å². The Labute approximate surface area is 111 Å². The number of unbranched alkanes of at least 4 members (excludes halogenated alkanes) is 4. The van der Waals surface area contributed by atoms with Gasteiger partial charge in [-0.2, -0.15) is 0 Å². The van der Waals surface area contributed by atoms with Crippen molar-refractivity contribution >= 4 is 0 Å². The van der Waals surface area contributed by atoms with Crippen molar-refractivity contribution in [3.63, 3.8) is 0 Å². The molecule has 0 radical (unpaired) electrons. The average Bonchev–Trinajstić information content (AvgIpc) is 2.33. The van der Waals surface area contributed by atoms with Gasteiger partial charge in [-0.25, -0.2) is 0 Å². The van der Waals surface area contributed by atoms with Crippen LogP contribution >= 0.6 is 0 Å². The van der Waals surface area contributed by atoms with E-state index in [-0.39, 0.29) is 0 Å². The second kappa shape index (κ2) is 8.15. The molecule has 0 heterocycles. The molecule has 0 aliphatic heterocycles. The summed E-state index contributed by atoms with van der Waals surface area (Å²) in [5.41, 5.74) is 2.05. The fraction of sp³-hybridized carbons (Fsp3) is 0.625. The third kappa shape index (κ3) is 5.09. The highest BCUT2D eigenvalue weighted by Crippen LogP contribution is 2.26. The molecule has 1 atom stereocenters. The van der Waals surface area contributed by atoms with Gasteiger partial charge in [-0.1, -0.05) is 44.7 Å². The second-order valence-corrected chi connectivity index (χ2v) is 4.98. The minimum absolute atomic E-state index is 0.472. The fourth-order valence-electron chi connectivity index (χ4n) is 2.00. The van der Waals surface area contributed by atoms with Crippen LogP contribution < -0.4 is 4.74 Å². The minimum Gasteiger partial charge on any atom is -0.493 e. The third-order valence-electron chi connectivity index (χ3n) is 3.12. The zero-order chi connectivity index (χ0) is 13.4. The van der Waals surface area contributed by atoms with Crippen LogP contribution in [0.2, 0.25) is 0 Å². The molecule has 0 unspecified atom stereocenters. The van der Waals surface area contributed by atoms with E-state index in [9.17, 15) is 5.11 Å². The molecule has 18 heavy (non-hydrogen) atoms. The SMILES string of the molecule is CCCCCCCOc1cc(C)ccc1[C@@H](C)O. The molecule has 1 aromatic rings. The number of hydrogen-bond donors (Lipinski definition) is 1. The fourth-order valence-corrected chi connectivity index (χ4v) is 2.00. The van der Waals surface area contributed by atoms with E-state index in [0.29, 0.717) is 0 Å². The van der Waals surface area contributed by atoms with E-state index in [4.69, 9.17) is 4.74 Å². The van der Waals surface area contributed by atoms with Gasteiger partial charge in [0.25, 0.3) is 0 Å². The summed E-state index contributed by atoms with van der Waals surface area (Å²) in [7, 11) is 0. The highest BCUT2D eigenvalue weighted by molar-refractivity contribution is 5.38. The predicted molar refractivity (Wildman–Crippen MR) is 76.1 cm³/mol. The molecule has 0 fully saturated rings. The molecule has 0 bridgehead atoms. The lowest BCUT2D eigenvalue weighted by Crippen LogP contribution is -2.02. The van der Waals surface area contributed by atoms with Crippen molar-refractivity contribution in [2.45, 2.75) is 59.0 Å². The van der Waals surface area contributed by atoms with Crippen molar-refractivity contribution < 1.29 is 9.84 Å². The third-order valence-corrected chi connectivity index (χ3v) is 3.12. The van der Waals surface area contributed by atoms with Gasteiger partial charge in [0.2, 0.25) is 0 Å². The monoisotopic (exact) mass is 250 g/mol. The molecule has 2 heteroatoms. The Morgan fingerprint density at radius 1 is 1.17 bits per heavy atom. The summed E-state index contributed by atoms with van der Waals surface area (Å²) in [6, 6.07) is 5.97. The Balaban J connectivity index is 2.43. The van der Waals surface area contributed by atoms with Gasteiger partial charge in [0.05, 0.1) is 12.7 Å². The zero-order valence-electron chi connectivity index (χ0n) is 11.9. The molecule has 0 amide bonds. The van der Waals surface area contributed by atoms with Crippen LogP contribution in [0.25, 0.3) is 0 Å². The maximum atomic E-state index is 9.69. The zero-order valence-corrected chi connectivity index (χ0v) is 11.9. The highest BCUT2D eigenvalue weighted by atomic mass is 16.5. The summed E-state index contributed by atoms with van der Waals surface area (Å²) in [5, 5.41) is 9.69. The molecule has 0 aliphatic rings. The first-order chi connectivity index (χ1) is 8.65. The Kier molecular flexibility index (Phi) is 6.81. The van der Waals surface area contributed by atoms with Crippen molar-refractivity contribution in [1.82, 2.24) is 0 Å². The molecule has 1 aromatic carbocycles. The van der Waals surface area contributed by atoms with E-state index in [2.05, 4.69) is 6.92 Å². The topological polar surface area (TPSA) is 29.5 Å². The van der Waals surface area contributed by atoms with Crippen LogP contribution in [0, 0.1) is 6.92 Å². The Hall–Kier alpha value is -1.02. The van der Waals surface area contributed by atoms with Gasteiger partial charge in [0.1, 0.15) is 5.75 Å². The van der Waals surface area contributed by atoms with Crippen molar-refractivity contribution in [3.8, 4) is 5.75 Å². The van der Waals surface area contributed by atoms with Crippen LogP contribution in [0.1, 0.15) is 63.2 Å². The van der Waals surface area contributed by atoms with Crippen molar-refractivity contribution in [2.75, 3.05) is 6.61 Å². The second-order valence-electron chi connectivity index (χ2n) is 4.98.